The van der Waals surface area contributed by atoms with Gasteiger partial charge in [-0.2, -0.15) is 0 Å². The Morgan fingerprint density at radius 1 is 1.07 bits per heavy atom. The van der Waals surface area contributed by atoms with E-state index in [1.807, 2.05) is 48.7 Å². The molecule has 11 heteroatoms. The normalized spacial score (nSPS) is 14.8. The van der Waals surface area contributed by atoms with Crippen molar-refractivity contribution in [2.24, 2.45) is 4.99 Å². The summed E-state index contributed by atoms with van der Waals surface area (Å²) in [6.45, 7) is 4.18. The molecular formula is C34H29Cl2N3O5S. The molecule has 0 aliphatic carbocycles. The number of fused-ring (bicyclic) bond motifs is 2. The highest BCUT2D eigenvalue weighted by Gasteiger charge is 2.35. The Morgan fingerprint density at radius 2 is 1.87 bits per heavy atom. The zero-order valence-corrected chi connectivity index (χ0v) is 27.3. The lowest BCUT2D eigenvalue weighted by Gasteiger charge is -2.26. The van der Waals surface area contributed by atoms with Crippen LogP contribution in [-0.2, 0) is 16.1 Å². The molecule has 0 fully saturated rings. The molecule has 1 atom stereocenters. The molecule has 0 saturated heterocycles. The number of hydrogen-bond donors (Lipinski definition) is 0. The van der Waals surface area contributed by atoms with Gasteiger partial charge >= 0.3 is 5.97 Å². The first-order valence-corrected chi connectivity index (χ1v) is 15.7. The van der Waals surface area contributed by atoms with Crippen LogP contribution in [0.1, 0.15) is 36.6 Å². The minimum atomic E-state index is -0.846. The lowest BCUT2D eigenvalue weighted by Crippen LogP contribution is -2.40. The van der Waals surface area contributed by atoms with Gasteiger partial charge in [-0.1, -0.05) is 58.8 Å². The smallest absolute Gasteiger partial charge is 0.338 e. The van der Waals surface area contributed by atoms with E-state index in [0.717, 1.165) is 22.0 Å². The first-order chi connectivity index (χ1) is 21.7. The van der Waals surface area contributed by atoms with Crippen molar-refractivity contribution in [3.63, 3.8) is 0 Å². The summed E-state index contributed by atoms with van der Waals surface area (Å²) in [6, 6.07) is 17.9. The average molecular weight is 663 g/mol. The lowest BCUT2D eigenvalue weighted by molar-refractivity contribution is -0.139. The van der Waals surface area contributed by atoms with Crippen LogP contribution in [0.3, 0.4) is 0 Å². The third kappa shape index (κ3) is 5.67. The molecule has 8 nitrogen and oxygen atoms in total. The first-order valence-electron chi connectivity index (χ1n) is 14.2. The number of rotatable bonds is 8. The van der Waals surface area contributed by atoms with Gasteiger partial charge in [0, 0.05) is 44.8 Å². The Bertz CT molecular complexity index is 2180. The Hall–Kier alpha value is -4.31. The molecule has 0 saturated carbocycles. The van der Waals surface area contributed by atoms with Crippen molar-refractivity contribution in [2.45, 2.75) is 26.4 Å². The zero-order valence-electron chi connectivity index (χ0n) is 25.0. The third-order valence-electron chi connectivity index (χ3n) is 7.71. The molecule has 0 unspecified atom stereocenters. The van der Waals surface area contributed by atoms with E-state index in [1.165, 1.54) is 11.3 Å². The van der Waals surface area contributed by atoms with Gasteiger partial charge in [0.25, 0.3) is 5.56 Å². The second-order valence-electron chi connectivity index (χ2n) is 10.4. The van der Waals surface area contributed by atoms with Gasteiger partial charge in [-0.3, -0.25) is 9.36 Å². The van der Waals surface area contributed by atoms with Crippen LogP contribution in [0.2, 0.25) is 10.0 Å². The molecule has 0 radical (unpaired) electrons. The van der Waals surface area contributed by atoms with Crippen LogP contribution >= 0.6 is 34.5 Å². The molecule has 5 aromatic rings. The Labute approximate surface area is 273 Å². The average Bonchev–Trinajstić information content (AvgIpc) is 3.53. The number of nitrogens with zero attached hydrogens (tertiary/aromatic N) is 3. The van der Waals surface area contributed by atoms with Crippen molar-refractivity contribution in [1.29, 1.82) is 0 Å². The topological polar surface area (TPSA) is 84.1 Å². The Morgan fingerprint density at radius 3 is 2.60 bits per heavy atom. The molecule has 0 spiro atoms. The summed E-state index contributed by atoms with van der Waals surface area (Å²) in [5, 5.41) is 2.13. The third-order valence-corrected chi connectivity index (χ3v) is 9.28. The Balaban J connectivity index is 1.54. The summed E-state index contributed by atoms with van der Waals surface area (Å²) in [6.07, 6.45) is 3.88. The van der Waals surface area contributed by atoms with Crippen LogP contribution < -0.4 is 24.4 Å². The second-order valence-corrected chi connectivity index (χ2v) is 12.2. The van der Waals surface area contributed by atoms with Gasteiger partial charge in [0.1, 0.15) is 17.5 Å². The maximum atomic E-state index is 14.3. The first kappa shape index (κ1) is 30.7. The lowest BCUT2D eigenvalue weighted by atomic mass is 9.94. The number of hydrogen-bond acceptors (Lipinski definition) is 7. The molecule has 0 N–H and O–H groups in total. The van der Waals surface area contributed by atoms with Crippen LogP contribution in [0.25, 0.3) is 17.0 Å². The summed E-state index contributed by atoms with van der Waals surface area (Å²) in [7, 11) is 3.10. The number of methoxy groups -OCH3 is 2. The minimum absolute atomic E-state index is 0.174. The van der Waals surface area contributed by atoms with E-state index in [1.54, 1.807) is 56.9 Å². The van der Waals surface area contributed by atoms with Crippen LogP contribution in [0.5, 0.6) is 11.5 Å². The number of allylic oxidation sites excluding steroid dienone is 1. The summed E-state index contributed by atoms with van der Waals surface area (Å²) in [5.41, 5.74) is 3.78. The molecule has 0 amide bonds. The number of ether oxygens (including phenoxy) is 3. The van der Waals surface area contributed by atoms with Crippen molar-refractivity contribution in [1.82, 2.24) is 9.13 Å². The van der Waals surface area contributed by atoms with Gasteiger partial charge in [0.05, 0.1) is 36.6 Å². The number of carbonyl (C=O) groups excluding carboxylic acids is 1. The van der Waals surface area contributed by atoms with Gasteiger partial charge in [-0.15, -0.1) is 0 Å². The van der Waals surface area contributed by atoms with E-state index in [-0.39, 0.29) is 17.7 Å². The van der Waals surface area contributed by atoms with E-state index in [4.69, 9.17) is 42.4 Å². The number of para-hydroxylation sites is 1. The molecular weight excluding hydrogens is 633 g/mol. The molecule has 1 aliphatic rings. The highest BCUT2D eigenvalue weighted by molar-refractivity contribution is 7.07. The van der Waals surface area contributed by atoms with E-state index < -0.39 is 12.0 Å². The van der Waals surface area contributed by atoms with E-state index in [2.05, 4.69) is 4.57 Å². The molecule has 45 heavy (non-hydrogen) atoms. The van der Waals surface area contributed by atoms with Crippen LogP contribution in [0, 0.1) is 0 Å². The van der Waals surface area contributed by atoms with Crippen molar-refractivity contribution < 1.29 is 19.0 Å². The van der Waals surface area contributed by atoms with Crippen molar-refractivity contribution >= 4 is 57.5 Å². The number of thiazole rings is 1. The predicted octanol–water partition coefficient (Wildman–Crippen LogP) is 6.13. The fourth-order valence-electron chi connectivity index (χ4n) is 5.63. The fourth-order valence-corrected chi connectivity index (χ4v) is 7.14. The van der Waals surface area contributed by atoms with Gasteiger partial charge < -0.3 is 18.8 Å². The monoisotopic (exact) mass is 661 g/mol. The quantitative estimate of drug-likeness (QED) is 0.187. The summed E-state index contributed by atoms with van der Waals surface area (Å²) >= 11 is 13.9. The number of aromatic nitrogens is 2. The van der Waals surface area contributed by atoms with E-state index >= 15 is 0 Å². The molecule has 3 aromatic carbocycles. The summed E-state index contributed by atoms with van der Waals surface area (Å²) in [4.78, 5) is 32.8. The van der Waals surface area contributed by atoms with Crippen LogP contribution in [0.4, 0.5) is 0 Å². The van der Waals surface area contributed by atoms with Gasteiger partial charge in [0.15, 0.2) is 4.80 Å². The fraction of sp³-hybridized carbons (Fsp3) is 0.206. The number of esters is 1. The molecule has 3 heterocycles. The highest BCUT2D eigenvalue weighted by atomic mass is 35.5. The molecule has 230 valence electrons. The van der Waals surface area contributed by atoms with Crippen molar-refractivity contribution in [2.75, 3.05) is 20.8 Å². The molecule has 1 aliphatic heterocycles. The Kier molecular flexibility index (Phi) is 8.59. The predicted molar refractivity (Wildman–Crippen MR) is 177 cm³/mol. The number of carbonyl (C=O) groups is 1. The molecule has 0 bridgehead atoms. The molecule has 6 rings (SSSR count). The zero-order chi connectivity index (χ0) is 31.8. The van der Waals surface area contributed by atoms with Gasteiger partial charge in [-0.25, -0.2) is 9.79 Å². The second kappa shape index (κ2) is 12.6. The van der Waals surface area contributed by atoms with Gasteiger partial charge in [-0.05, 0) is 61.9 Å². The standard InChI is InChI=1S/C34H29Cl2N3O5S/c1-5-44-33(41)30-19(2)37-34-39(31(30)25-16-23(42-3)12-13-28(25)43-4)32(40)29(45-34)14-21-18-38(27-9-7-6-8-24(21)27)17-20-10-11-22(35)15-26(20)36/h6-16,18,31H,5,17H2,1-4H3/b29-14-/t31-/m0/s1. The van der Waals surface area contributed by atoms with Crippen molar-refractivity contribution in [3.05, 3.63) is 125 Å². The number of halogens is 2. The van der Waals surface area contributed by atoms with Crippen molar-refractivity contribution in [3.8, 4) is 11.5 Å². The van der Waals surface area contributed by atoms with Crippen LogP contribution in [-0.4, -0.2) is 35.9 Å². The minimum Gasteiger partial charge on any atom is -0.497 e. The van der Waals surface area contributed by atoms with E-state index in [0.29, 0.717) is 48.7 Å². The molecule has 2 aromatic heterocycles. The summed E-state index contributed by atoms with van der Waals surface area (Å²) in [5.74, 6) is 0.502. The van der Waals surface area contributed by atoms with Gasteiger partial charge in [0.2, 0.25) is 0 Å². The van der Waals surface area contributed by atoms with Crippen LogP contribution in [0.15, 0.2) is 87.9 Å². The maximum absolute atomic E-state index is 14.3. The van der Waals surface area contributed by atoms with E-state index in [9.17, 15) is 9.59 Å². The number of benzene rings is 3. The largest absolute Gasteiger partial charge is 0.497 e. The SMILES string of the molecule is CCOC(=O)C1=C(C)N=c2s/c(=C\c3cn(Cc4ccc(Cl)cc4Cl)c4ccccc34)c(=O)n2[C@H]1c1cc(OC)ccc1OC. The highest BCUT2D eigenvalue weighted by Crippen LogP contribution is 2.38. The maximum Gasteiger partial charge on any atom is 0.338 e. The summed E-state index contributed by atoms with van der Waals surface area (Å²) < 4.78 is 20.7.